The Hall–Kier alpha value is -0.670. The summed E-state index contributed by atoms with van der Waals surface area (Å²) in [6, 6.07) is 8.44. The van der Waals surface area contributed by atoms with Crippen molar-refractivity contribution in [2.75, 3.05) is 18.6 Å². The molecule has 0 radical (unpaired) electrons. The van der Waals surface area contributed by atoms with Crippen molar-refractivity contribution >= 4 is 10.8 Å². The van der Waals surface area contributed by atoms with Crippen LogP contribution in [0.5, 0.6) is 0 Å². The van der Waals surface area contributed by atoms with E-state index in [1.54, 1.807) is 6.26 Å². The molecule has 0 heterocycles. The first-order valence-electron chi connectivity index (χ1n) is 4.75. The van der Waals surface area contributed by atoms with Gasteiger partial charge in [0, 0.05) is 35.9 Å². The van der Waals surface area contributed by atoms with Crippen LogP contribution in [0.1, 0.15) is 11.1 Å². The van der Waals surface area contributed by atoms with E-state index in [-0.39, 0.29) is 0 Å². The van der Waals surface area contributed by atoms with E-state index in [9.17, 15) is 4.21 Å². The highest BCUT2D eigenvalue weighted by Gasteiger charge is 1.93. The fourth-order valence-corrected chi connectivity index (χ4v) is 1.59. The molecule has 1 atom stereocenters. The van der Waals surface area contributed by atoms with E-state index in [4.69, 9.17) is 0 Å². The molecule has 1 unspecified atom stereocenters. The maximum atomic E-state index is 10.8. The van der Waals surface area contributed by atoms with Gasteiger partial charge in [0.2, 0.25) is 0 Å². The molecule has 1 aromatic rings. The van der Waals surface area contributed by atoms with E-state index in [2.05, 4.69) is 36.5 Å². The Kier molecular flexibility index (Phi) is 4.84. The number of hydrogen-bond donors (Lipinski definition) is 1. The van der Waals surface area contributed by atoms with Crippen LogP contribution in [-0.4, -0.2) is 22.8 Å². The first-order chi connectivity index (χ1) is 6.68. The smallest absolute Gasteiger partial charge is 0.0357 e. The van der Waals surface area contributed by atoms with Crippen LogP contribution in [-0.2, 0) is 17.3 Å². The summed E-state index contributed by atoms with van der Waals surface area (Å²) < 4.78 is 10.8. The Morgan fingerprint density at radius 1 is 1.29 bits per heavy atom. The molecule has 1 aromatic carbocycles. The average molecular weight is 211 g/mol. The number of nitrogens with one attached hydrogen (secondary N) is 1. The lowest BCUT2D eigenvalue weighted by Gasteiger charge is -2.03. The van der Waals surface area contributed by atoms with Crippen molar-refractivity contribution in [3.8, 4) is 0 Å². The normalized spacial score (nSPS) is 12.7. The van der Waals surface area contributed by atoms with Crippen LogP contribution in [0.15, 0.2) is 24.3 Å². The van der Waals surface area contributed by atoms with Gasteiger partial charge < -0.3 is 5.32 Å². The van der Waals surface area contributed by atoms with E-state index in [1.807, 2.05) is 0 Å². The average Bonchev–Trinajstić information content (AvgIpc) is 2.15. The maximum absolute atomic E-state index is 10.8. The minimum atomic E-state index is -0.690. The molecule has 1 N–H and O–H groups in total. The lowest BCUT2D eigenvalue weighted by molar-refractivity contribution is 0.676. The molecule has 0 aliphatic heterocycles. The van der Waals surface area contributed by atoms with Crippen LogP contribution in [0.4, 0.5) is 0 Å². The molecular formula is C11H17NOS. The summed E-state index contributed by atoms with van der Waals surface area (Å²) in [5.41, 5.74) is 2.56. The van der Waals surface area contributed by atoms with Crippen LogP contribution in [0.2, 0.25) is 0 Å². The van der Waals surface area contributed by atoms with Gasteiger partial charge in [-0.05, 0) is 12.5 Å². The van der Waals surface area contributed by atoms with Crippen molar-refractivity contribution in [3.63, 3.8) is 0 Å². The first kappa shape index (κ1) is 11.4. The molecule has 14 heavy (non-hydrogen) atoms. The fraction of sp³-hybridized carbons (Fsp3) is 0.455. The molecule has 1 rings (SSSR count). The van der Waals surface area contributed by atoms with Crippen LogP contribution >= 0.6 is 0 Å². The van der Waals surface area contributed by atoms with E-state index in [0.717, 1.165) is 18.8 Å². The lowest BCUT2D eigenvalue weighted by Crippen LogP contribution is -2.19. The Balaban J connectivity index is 2.25. The molecule has 0 fully saturated rings. The molecule has 0 saturated heterocycles. The topological polar surface area (TPSA) is 29.1 Å². The number of hydrogen-bond acceptors (Lipinski definition) is 2. The van der Waals surface area contributed by atoms with Gasteiger partial charge in [-0.15, -0.1) is 0 Å². The zero-order chi connectivity index (χ0) is 10.4. The van der Waals surface area contributed by atoms with E-state index in [1.165, 1.54) is 11.1 Å². The third-order valence-electron chi connectivity index (χ3n) is 2.02. The fourth-order valence-electron chi connectivity index (χ4n) is 1.15. The van der Waals surface area contributed by atoms with Crippen molar-refractivity contribution in [3.05, 3.63) is 35.4 Å². The monoisotopic (exact) mass is 211 g/mol. The van der Waals surface area contributed by atoms with Crippen LogP contribution in [0.3, 0.4) is 0 Å². The zero-order valence-electron chi connectivity index (χ0n) is 8.75. The van der Waals surface area contributed by atoms with Gasteiger partial charge in [0.1, 0.15) is 0 Å². The Morgan fingerprint density at radius 2 is 1.93 bits per heavy atom. The largest absolute Gasteiger partial charge is 0.312 e. The Bertz CT molecular complexity index is 295. The summed E-state index contributed by atoms with van der Waals surface area (Å²) >= 11 is 0. The van der Waals surface area contributed by atoms with Gasteiger partial charge in [0.15, 0.2) is 0 Å². The van der Waals surface area contributed by atoms with Gasteiger partial charge in [0.25, 0.3) is 0 Å². The first-order valence-corrected chi connectivity index (χ1v) is 6.47. The van der Waals surface area contributed by atoms with Gasteiger partial charge in [-0.25, -0.2) is 0 Å². The van der Waals surface area contributed by atoms with Gasteiger partial charge in [0.05, 0.1) is 0 Å². The Labute approximate surface area is 88.2 Å². The van der Waals surface area contributed by atoms with Crippen LogP contribution in [0.25, 0.3) is 0 Å². The second-order valence-electron chi connectivity index (χ2n) is 3.44. The van der Waals surface area contributed by atoms with Gasteiger partial charge >= 0.3 is 0 Å². The highest BCUT2D eigenvalue weighted by molar-refractivity contribution is 7.84. The highest BCUT2D eigenvalue weighted by Crippen LogP contribution is 2.01. The highest BCUT2D eigenvalue weighted by atomic mass is 32.2. The molecular weight excluding hydrogens is 194 g/mol. The molecule has 0 amide bonds. The van der Waals surface area contributed by atoms with Crippen molar-refractivity contribution in [1.82, 2.24) is 5.32 Å². The summed E-state index contributed by atoms with van der Waals surface area (Å²) in [4.78, 5) is 0. The van der Waals surface area contributed by atoms with E-state index in [0.29, 0.717) is 0 Å². The summed E-state index contributed by atoms with van der Waals surface area (Å²) in [6.07, 6.45) is 1.73. The SMILES string of the molecule is Cc1ccc(CNCCS(C)=O)cc1. The maximum Gasteiger partial charge on any atom is 0.0357 e. The summed E-state index contributed by atoms with van der Waals surface area (Å²) in [5, 5.41) is 3.26. The lowest BCUT2D eigenvalue weighted by atomic mass is 10.1. The summed E-state index contributed by atoms with van der Waals surface area (Å²) in [7, 11) is -0.690. The summed E-state index contributed by atoms with van der Waals surface area (Å²) in [5.74, 6) is 0.728. The predicted molar refractivity (Wildman–Crippen MR) is 61.8 cm³/mol. The second-order valence-corrected chi connectivity index (χ2v) is 4.99. The number of rotatable bonds is 5. The Morgan fingerprint density at radius 3 is 2.50 bits per heavy atom. The van der Waals surface area contributed by atoms with Crippen molar-refractivity contribution in [1.29, 1.82) is 0 Å². The van der Waals surface area contributed by atoms with Crippen molar-refractivity contribution < 1.29 is 4.21 Å². The number of aryl methyl sites for hydroxylation is 1. The van der Waals surface area contributed by atoms with Crippen molar-refractivity contribution in [2.45, 2.75) is 13.5 Å². The third kappa shape index (κ3) is 4.53. The molecule has 0 saturated carbocycles. The standard InChI is InChI=1S/C11H17NOS/c1-10-3-5-11(6-4-10)9-12-7-8-14(2)13/h3-6,12H,7-9H2,1-2H3. The van der Waals surface area contributed by atoms with Crippen LogP contribution in [0, 0.1) is 6.92 Å². The summed E-state index contributed by atoms with van der Waals surface area (Å²) in [6.45, 7) is 3.76. The van der Waals surface area contributed by atoms with E-state index < -0.39 is 10.8 Å². The van der Waals surface area contributed by atoms with Gasteiger partial charge in [-0.2, -0.15) is 0 Å². The molecule has 78 valence electrons. The zero-order valence-corrected chi connectivity index (χ0v) is 9.56. The van der Waals surface area contributed by atoms with Crippen LogP contribution < -0.4 is 5.32 Å². The molecule has 0 aliphatic carbocycles. The molecule has 0 bridgehead atoms. The third-order valence-corrected chi connectivity index (χ3v) is 2.80. The molecule has 0 spiro atoms. The predicted octanol–water partition coefficient (Wildman–Crippen LogP) is 1.46. The van der Waals surface area contributed by atoms with Crippen molar-refractivity contribution in [2.24, 2.45) is 0 Å². The quantitative estimate of drug-likeness (QED) is 0.747. The van der Waals surface area contributed by atoms with Gasteiger partial charge in [-0.3, -0.25) is 4.21 Å². The minimum absolute atomic E-state index is 0.690. The van der Waals surface area contributed by atoms with Gasteiger partial charge in [-0.1, -0.05) is 29.8 Å². The second kappa shape index (κ2) is 5.94. The molecule has 3 heteroatoms. The van der Waals surface area contributed by atoms with E-state index >= 15 is 0 Å². The molecule has 0 aromatic heterocycles. The minimum Gasteiger partial charge on any atom is -0.312 e. The molecule has 2 nitrogen and oxygen atoms in total. The molecule has 0 aliphatic rings. The number of benzene rings is 1.